The SMILES string of the molecule is COC(=O)C1=C(C)N=C2SC=C(CC(=O)NCCOc3ccccc3)N2C1c1ccc(Cl)cc1. The van der Waals surface area contributed by atoms with Crippen molar-refractivity contribution in [2.45, 2.75) is 19.4 Å². The summed E-state index contributed by atoms with van der Waals surface area (Å²) in [5, 5.41) is 6.09. The van der Waals surface area contributed by atoms with Gasteiger partial charge in [0.25, 0.3) is 0 Å². The van der Waals surface area contributed by atoms with E-state index >= 15 is 0 Å². The van der Waals surface area contributed by atoms with Gasteiger partial charge in [0.1, 0.15) is 12.4 Å². The van der Waals surface area contributed by atoms with Crippen LogP contribution in [0.1, 0.15) is 24.9 Å². The highest BCUT2D eigenvalue weighted by Gasteiger charge is 2.40. The molecule has 1 unspecified atom stereocenters. The summed E-state index contributed by atoms with van der Waals surface area (Å²) in [6.07, 6.45) is 0.134. The van der Waals surface area contributed by atoms with Crippen molar-refractivity contribution in [3.8, 4) is 5.75 Å². The van der Waals surface area contributed by atoms with Crippen LogP contribution >= 0.6 is 23.4 Å². The first-order valence-electron chi connectivity index (χ1n) is 10.7. The minimum atomic E-state index is -0.479. The van der Waals surface area contributed by atoms with Crippen LogP contribution in [0.15, 0.2) is 82.0 Å². The van der Waals surface area contributed by atoms with Crippen LogP contribution in [-0.4, -0.2) is 42.2 Å². The lowest BCUT2D eigenvalue weighted by Gasteiger charge is -2.36. The van der Waals surface area contributed by atoms with Gasteiger partial charge in [0, 0.05) is 10.7 Å². The van der Waals surface area contributed by atoms with Crippen LogP contribution in [0.25, 0.3) is 0 Å². The van der Waals surface area contributed by atoms with E-state index in [0.29, 0.717) is 34.6 Å². The standard InChI is InChI=1S/C25H24ClN3O4S/c1-16-22(24(31)32-2)23(17-8-10-18(26)11-9-17)29-19(15-34-25(29)28-16)14-21(30)27-12-13-33-20-6-4-3-5-7-20/h3-11,15,23H,12-14H2,1-2H3,(H,27,30). The second-order valence-electron chi connectivity index (χ2n) is 7.62. The van der Waals surface area contributed by atoms with E-state index < -0.39 is 12.0 Å². The zero-order valence-electron chi connectivity index (χ0n) is 18.8. The van der Waals surface area contributed by atoms with Gasteiger partial charge < -0.3 is 19.7 Å². The molecule has 176 valence electrons. The maximum Gasteiger partial charge on any atom is 0.338 e. The van der Waals surface area contributed by atoms with Crippen LogP contribution in [0.2, 0.25) is 5.02 Å². The monoisotopic (exact) mass is 497 g/mol. The molecule has 9 heteroatoms. The van der Waals surface area contributed by atoms with Gasteiger partial charge >= 0.3 is 5.97 Å². The Morgan fingerprint density at radius 2 is 1.88 bits per heavy atom. The third kappa shape index (κ3) is 5.29. The minimum absolute atomic E-state index is 0.134. The molecule has 2 aliphatic heterocycles. The minimum Gasteiger partial charge on any atom is -0.492 e. The second-order valence-corrected chi connectivity index (χ2v) is 8.90. The van der Waals surface area contributed by atoms with Crippen molar-refractivity contribution in [2.24, 2.45) is 4.99 Å². The topological polar surface area (TPSA) is 80.2 Å². The summed E-state index contributed by atoms with van der Waals surface area (Å²) in [5.41, 5.74) is 2.61. The van der Waals surface area contributed by atoms with Crippen molar-refractivity contribution in [3.05, 3.63) is 87.6 Å². The Morgan fingerprint density at radius 3 is 2.59 bits per heavy atom. The largest absolute Gasteiger partial charge is 0.492 e. The predicted octanol–water partition coefficient (Wildman–Crippen LogP) is 4.67. The summed E-state index contributed by atoms with van der Waals surface area (Å²) in [6, 6.07) is 16.2. The molecule has 0 bridgehead atoms. The number of amides is 1. The Morgan fingerprint density at radius 1 is 1.15 bits per heavy atom. The number of para-hydroxylation sites is 1. The number of rotatable bonds is 8. The number of aliphatic imine (C=N–C) groups is 1. The molecule has 4 rings (SSSR count). The molecule has 0 aliphatic carbocycles. The number of fused-ring (bicyclic) bond motifs is 1. The van der Waals surface area contributed by atoms with Gasteiger partial charge in [-0.05, 0) is 42.2 Å². The first kappa shape index (κ1) is 23.9. The first-order valence-corrected chi connectivity index (χ1v) is 12.0. The number of carbonyl (C=O) groups excluding carboxylic acids is 2. The number of benzene rings is 2. The molecule has 0 aromatic heterocycles. The second kappa shape index (κ2) is 10.8. The maximum atomic E-state index is 12.7. The fourth-order valence-corrected chi connectivity index (χ4v) is 4.89. The number of carbonyl (C=O) groups is 2. The van der Waals surface area contributed by atoms with Crippen molar-refractivity contribution < 1.29 is 19.1 Å². The van der Waals surface area contributed by atoms with E-state index in [1.807, 2.05) is 52.8 Å². The summed E-state index contributed by atoms with van der Waals surface area (Å²) in [6.45, 7) is 2.53. The van der Waals surface area contributed by atoms with Gasteiger partial charge in [-0.3, -0.25) is 4.79 Å². The number of esters is 1. The number of nitrogens with one attached hydrogen (secondary N) is 1. The molecular weight excluding hydrogens is 474 g/mol. The van der Waals surface area contributed by atoms with Crippen molar-refractivity contribution in [2.75, 3.05) is 20.3 Å². The van der Waals surface area contributed by atoms with E-state index in [2.05, 4.69) is 10.3 Å². The van der Waals surface area contributed by atoms with Crippen LogP contribution in [0.5, 0.6) is 5.75 Å². The van der Waals surface area contributed by atoms with Gasteiger partial charge in [-0.2, -0.15) is 0 Å². The summed E-state index contributed by atoms with van der Waals surface area (Å²) in [5.74, 6) is 0.147. The molecular formula is C25H24ClN3O4S. The Balaban J connectivity index is 1.48. The maximum absolute atomic E-state index is 12.7. The van der Waals surface area contributed by atoms with Crippen LogP contribution in [0, 0.1) is 0 Å². The molecule has 2 aromatic rings. The lowest BCUT2D eigenvalue weighted by molar-refractivity contribution is -0.136. The third-order valence-electron chi connectivity index (χ3n) is 5.37. The number of amidine groups is 1. The van der Waals surface area contributed by atoms with E-state index in [0.717, 1.165) is 17.0 Å². The van der Waals surface area contributed by atoms with Gasteiger partial charge in [-0.25, -0.2) is 9.79 Å². The molecule has 0 radical (unpaired) electrons. The summed E-state index contributed by atoms with van der Waals surface area (Å²) >= 11 is 7.52. The molecule has 0 fully saturated rings. The summed E-state index contributed by atoms with van der Waals surface area (Å²) < 4.78 is 10.7. The molecule has 7 nitrogen and oxygen atoms in total. The van der Waals surface area contributed by atoms with E-state index in [-0.39, 0.29) is 12.3 Å². The quantitative estimate of drug-likeness (QED) is 0.421. The zero-order chi connectivity index (χ0) is 24.1. The van der Waals surface area contributed by atoms with Gasteiger partial charge in [-0.15, -0.1) is 0 Å². The molecule has 34 heavy (non-hydrogen) atoms. The van der Waals surface area contributed by atoms with Crippen molar-refractivity contribution in [1.82, 2.24) is 10.2 Å². The number of nitrogens with zero attached hydrogens (tertiary/aromatic N) is 2. The normalized spacial score (nSPS) is 17.0. The highest BCUT2D eigenvalue weighted by Crippen LogP contribution is 2.44. The van der Waals surface area contributed by atoms with Gasteiger partial charge in [-0.1, -0.05) is 53.7 Å². The van der Waals surface area contributed by atoms with E-state index in [9.17, 15) is 9.59 Å². The third-order valence-corrected chi connectivity index (χ3v) is 6.51. The summed E-state index contributed by atoms with van der Waals surface area (Å²) in [4.78, 5) is 32.0. The number of ether oxygens (including phenoxy) is 2. The lowest BCUT2D eigenvalue weighted by Crippen LogP contribution is -2.38. The van der Waals surface area contributed by atoms with E-state index in [1.165, 1.54) is 18.9 Å². The average Bonchev–Trinajstić information content (AvgIpc) is 3.23. The molecule has 1 amide bonds. The number of hydrogen-bond acceptors (Lipinski definition) is 7. The molecule has 0 spiro atoms. The summed E-state index contributed by atoms with van der Waals surface area (Å²) in [7, 11) is 1.35. The molecule has 2 aliphatic rings. The van der Waals surface area contributed by atoms with Gasteiger partial charge in [0.05, 0.1) is 37.4 Å². The molecule has 0 saturated heterocycles. The van der Waals surface area contributed by atoms with Gasteiger partial charge in [0.2, 0.25) is 5.91 Å². The molecule has 2 aromatic carbocycles. The van der Waals surface area contributed by atoms with Crippen molar-refractivity contribution >= 4 is 40.4 Å². The molecule has 1 N–H and O–H groups in total. The molecule has 2 heterocycles. The number of methoxy groups -OCH3 is 1. The van der Waals surface area contributed by atoms with Crippen molar-refractivity contribution in [3.63, 3.8) is 0 Å². The van der Waals surface area contributed by atoms with Crippen LogP contribution < -0.4 is 10.1 Å². The fourth-order valence-electron chi connectivity index (χ4n) is 3.80. The number of thioether (sulfide) groups is 1. The smallest absolute Gasteiger partial charge is 0.338 e. The Labute approximate surface area is 207 Å². The van der Waals surface area contributed by atoms with Crippen LogP contribution in [0.4, 0.5) is 0 Å². The Bertz CT molecular complexity index is 1160. The van der Waals surface area contributed by atoms with Crippen molar-refractivity contribution in [1.29, 1.82) is 0 Å². The Hall–Kier alpha value is -3.23. The number of hydrogen-bond donors (Lipinski definition) is 1. The average molecular weight is 498 g/mol. The zero-order valence-corrected chi connectivity index (χ0v) is 20.4. The van der Waals surface area contributed by atoms with E-state index in [4.69, 9.17) is 21.1 Å². The molecule has 0 saturated carbocycles. The lowest BCUT2D eigenvalue weighted by atomic mass is 9.94. The van der Waals surface area contributed by atoms with Crippen LogP contribution in [-0.2, 0) is 14.3 Å². The highest BCUT2D eigenvalue weighted by atomic mass is 35.5. The predicted molar refractivity (Wildman–Crippen MR) is 133 cm³/mol. The van der Waals surface area contributed by atoms with E-state index in [1.54, 1.807) is 19.1 Å². The number of halogens is 1. The van der Waals surface area contributed by atoms with Gasteiger partial charge in [0.15, 0.2) is 5.17 Å². The fraction of sp³-hybridized carbons (Fsp3) is 0.240. The number of allylic oxidation sites excluding steroid dienone is 1. The first-order chi connectivity index (χ1) is 16.5. The van der Waals surface area contributed by atoms with Crippen LogP contribution in [0.3, 0.4) is 0 Å². The molecule has 1 atom stereocenters. The Kier molecular flexibility index (Phi) is 7.59. The highest BCUT2D eigenvalue weighted by molar-refractivity contribution is 8.16.